The summed E-state index contributed by atoms with van der Waals surface area (Å²) in [6.45, 7) is 17.2. The van der Waals surface area contributed by atoms with Crippen molar-refractivity contribution in [3.63, 3.8) is 0 Å². The molecule has 2 aliphatic heterocycles. The van der Waals surface area contributed by atoms with E-state index in [-0.39, 0.29) is 49.7 Å². The molecule has 2 saturated heterocycles. The number of ether oxygens (including phenoxy) is 4. The number of amides is 4. The van der Waals surface area contributed by atoms with Crippen molar-refractivity contribution in [1.82, 2.24) is 9.80 Å². The van der Waals surface area contributed by atoms with E-state index >= 15 is 0 Å². The van der Waals surface area contributed by atoms with Crippen LogP contribution in [0.3, 0.4) is 0 Å². The van der Waals surface area contributed by atoms with E-state index in [4.69, 9.17) is 18.9 Å². The van der Waals surface area contributed by atoms with E-state index in [2.05, 4.69) is 0 Å². The van der Waals surface area contributed by atoms with Gasteiger partial charge < -0.3 is 18.9 Å². The second kappa shape index (κ2) is 20.1. The van der Waals surface area contributed by atoms with Crippen molar-refractivity contribution in [2.45, 2.75) is 169 Å². The van der Waals surface area contributed by atoms with Gasteiger partial charge in [-0.2, -0.15) is 26.3 Å². The Bertz CT molecular complexity index is 1420. The number of carbonyl (C=O) groups is 6. The minimum Gasteiger partial charge on any atom is -0.460 e. The molecule has 4 fully saturated rings. The van der Waals surface area contributed by atoms with E-state index < -0.39 is 121 Å². The molecule has 4 aliphatic rings. The summed E-state index contributed by atoms with van der Waals surface area (Å²) in [6, 6.07) is -1.14. The highest BCUT2D eigenvalue weighted by atomic mass is 19.4. The molecular formula is C42H64F6N2O10. The summed E-state index contributed by atoms with van der Waals surface area (Å²) in [7, 11) is 0. The van der Waals surface area contributed by atoms with Crippen LogP contribution in [0.25, 0.3) is 0 Å². The van der Waals surface area contributed by atoms with Gasteiger partial charge in [-0.15, -0.1) is 0 Å². The van der Waals surface area contributed by atoms with E-state index in [0.29, 0.717) is 0 Å². The summed E-state index contributed by atoms with van der Waals surface area (Å²) >= 11 is 0. The van der Waals surface area contributed by atoms with E-state index in [1.54, 1.807) is 69.2 Å². The summed E-state index contributed by atoms with van der Waals surface area (Å²) < 4.78 is 99.0. The Morgan fingerprint density at radius 2 is 0.883 bits per heavy atom. The molecule has 344 valence electrons. The lowest BCUT2D eigenvalue weighted by Crippen LogP contribution is -2.48. The molecule has 2 heterocycles. The zero-order valence-corrected chi connectivity index (χ0v) is 36.5. The van der Waals surface area contributed by atoms with Crippen molar-refractivity contribution < 1.29 is 74.1 Å². The van der Waals surface area contributed by atoms with Crippen LogP contribution < -0.4 is 0 Å². The van der Waals surface area contributed by atoms with Gasteiger partial charge in [-0.05, 0) is 90.9 Å². The molecule has 0 N–H and O–H groups in total. The van der Waals surface area contributed by atoms with Crippen LogP contribution in [0.15, 0.2) is 0 Å². The van der Waals surface area contributed by atoms with E-state index in [0.717, 1.165) is 35.5 Å². The highest BCUT2D eigenvalue weighted by molar-refractivity contribution is 5.97. The molecule has 12 nitrogen and oxygen atoms in total. The quantitative estimate of drug-likeness (QED) is 0.0836. The fourth-order valence-corrected chi connectivity index (χ4v) is 7.38. The molecule has 2 aliphatic carbocycles. The standard InChI is InChI=1S/2C21H32F3NO5/c2*1-12(2)16-11-29-19(28)25(16)17(26)14(8-9-21(22,23)24)15(10-13-6-7-13)18(27)30-20(3,4)5/h2*12-16H,6-11H2,1-5H3/t14-,15+,16-;14-,15-,16-/m11/s1. The highest BCUT2D eigenvalue weighted by Gasteiger charge is 2.50. The number of carbonyl (C=O) groups excluding carboxylic acids is 6. The Morgan fingerprint density at radius 3 is 1.12 bits per heavy atom. The van der Waals surface area contributed by atoms with Crippen LogP contribution in [0.1, 0.15) is 133 Å². The maximum absolute atomic E-state index is 13.4. The minimum atomic E-state index is -4.49. The molecular weight excluding hydrogens is 806 g/mol. The summed E-state index contributed by atoms with van der Waals surface area (Å²) in [5, 5.41) is 0. The SMILES string of the molecule is CC(C)[C@H]1COC(=O)N1C(=O)[C@H](CCC(F)(F)F)[C@@H](CC1CC1)C(=O)OC(C)(C)C.CC(C)[C@H]1COC(=O)N1C(=O)[C@H](CCC(F)(F)F)[C@H](CC1CC1)C(=O)OC(C)(C)C. The molecule has 2 saturated carbocycles. The first-order chi connectivity index (χ1) is 27.4. The molecule has 60 heavy (non-hydrogen) atoms. The minimum absolute atomic E-state index is 0.00599. The number of hydrogen-bond acceptors (Lipinski definition) is 10. The number of cyclic esters (lactones) is 2. The number of esters is 2. The zero-order valence-electron chi connectivity index (χ0n) is 36.5. The summed E-state index contributed by atoms with van der Waals surface area (Å²) in [5.74, 6) is -7.52. The third-order valence-corrected chi connectivity index (χ3v) is 10.9. The first-order valence-corrected chi connectivity index (χ1v) is 21.0. The van der Waals surface area contributed by atoms with Crippen LogP contribution in [0.5, 0.6) is 0 Å². The smallest absolute Gasteiger partial charge is 0.416 e. The van der Waals surface area contributed by atoms with Crippen LogP contribution in [-0.4, -0.2) is 94.6 Å². The summed E-state index contributed by atoms with van der Waals surface area (Å²) in [6.07, 6.45) is -10.3. The molecule has 0 aromatic rings. The normalized spacial score (nSPS) is 22.1. The third kappa shape index (κ3) is 16.0. The molecule has 0 aromatic carbocycles. The fourth-order valence-electron chi connectivity index (χ4n) is 7.38. The predicted molar refractivity (Wildman–Crippen MR) is 205 cm³/mol. The van der Waals surface area contributed by atoms with Gasteiger partial charge in [-0.3, -0.25) is 19.2 Å². The van der Waals surface area contributed by atoms with Crippen molar-refractivity contribution in [3.05, 3.63) is 0 Å². The average Bonchev–Trinajstić information content (AvgIpc) is 4.00. The molecule has 0 bridgehead atoms. The fraction of sp³-hybridized carbons (Fsp3) is 0.857. The summed E-state index contributed by atoms with van der Waals surface area (Å²) in [4.78, 5) is 78.8. The molecule has 18 heteroatoms. The number of halogens is 6. The van der Waals surface area contributed by atoms with Crippen molar-refractivity contribution in [3.8, 4) is 0 Å². The Labute approximate surface area is 349 Å². The van der Waals surface area contributed by atoms with Gasteiger partial charge in [0.15, 0.2) is 0 Å². The molecule has 0 spiro atoms. The van der Waals surface area contributed by atoms with Crippen molar-refractivity contribution in [1.29, 1.82) is 0 Å². The lowest BCUT2D eigenvalue weighted by molar-refractivity contribution is -0.168. The maximum atomic E-state index is 13.4. The molecule has 4 rings (SSSR count). The second-order valence-corrected chi connectivity index (χ2v) is 19.4. The molecule has 0 aromatic heterocycles. The van der Waals surface area contributed by atoms with Gasteiger partial charge >= 0.3 is 36.5 Å². The Morgan fingerprint density at radius 1 is 0.583 bits per heavy atom. The van der Waals surface area contributed by atoms with Crippen molar-refractivity contribution in [2.75, 3.05) is 13.2 Å². The van der Waals surface area contributed by atoms with Gasteiger partial charge in [-0.1, -0.05) is 53.4 Å². The van der Waals surface area contributed by atoms with Crippen molar-refractivity contribution >= 4 is 35.9 Å². The van der Waals surface area contributed by atoms with Gasteiger partial charge in [0, 0.05) is 12.8 Å². The monoisotopic (exact) mass is 870 g/mol. The van der Waals surface area contributed by atoms with E-state index in [1.807, 2.05) is 0 Å². The number of hydrogen-bond donors (Lipinski definition) is 0. The zero-order chi connectivity index (χ0) is 45.7. The number of alkyl halides is 6. The Balaban J connectivity index is 0.000000320. The van der Waals surface area contributed by atoms with E-state index in [9.17, 15) is 55.1 Å². The van der Waals surface area contributed by atoms with Crippen LogP contribution in [0.4, 0.5) is 35.9 Å². The predicted octanol–water partition coefficient (Wildman–Crippen LogP) is 9.41. The van der Waals surface area contributed by atoms with Gasteiger partial charge in [0.2, 0.25) is 11.8 Å². The highest BCUT2D eigenvalue weighted by Crippen LogP contribution is 2.43. The van der Waals surface area contributed by atoms with Crippen LogP contribution in [-0.2, 0) is 38.1 Å². The first kappa shape index (κ1) is 50.8. The van der Waals surface area contributed by atoms with Gasteiger partial charge in [0.05, 0.1) is 35.8 Å². The van der Waals surface area contributed by atoms with Gasteiger partial charge in [-0.25, -0.2) is 19.4 Å². The van der Waals surface area contributed by atoms with Gasteiger partial charge in [0.25, 0.3) is 0 Å². The number of rotatable bonds is 16. The first-order valence-electron chi connectivity index (χ1n) is 21.0. The molecule has 0 unspecified atom stereocenters. The van der Waals surface area contributed by atoms with Crippen LogP contribution in [0.2, 0.25) is 0 Å². The number of imide groups is 2. The van der Waals surface area contributed by atoms with Crippen molar-refractivity contribution in [2.24, 2.45) is 47.3 Å². The molecule has 0 radical (unpaired) electrons. The largest absolute Gasteiger partial charge is 0.460 e. The maximum Gasteiger partial charge on any atom is 0.416 e. The summed E-state index contributed by atoms with van der Waals surface area (Å²) in [5.41, 5.74) is -1.69. The van der Waals surface area contributed by atoms with E-state index in [1.165, 1.54) is 0 Å². The third-order valence-electron chi connectivity index (χ3n) is 10.9. The topological polar surface area (TPSA) is 146 Å². The second-order valence-electron chi connectivity index (χ2n) is 19.4. The molecule has 4 amide bonds. The van der Waals surface area contributed by atoms with Crippen LogP contribution in [0, 0.1) is 47.3 Å². The average molecular weight is 871 g/mol. The van der Waals surface area contributed by atoms with Crippen LogP contribution >= 0.6 is 0 Å². The Hall–Kier alpha value is -3.60. The molecule has 6 atom stereocenters. The lowest BCUT2D eigenvalue weighted by Gasteiger charge is -2.32. The number of nitrogens with zero attached hydrogens (tertiary/aromatic N) is 2. The Kier molecular flexibility index (Phi) is 17.0. The lowest BCUT2D eigenvalue weighted by atomic mass is 9.82. The van der Waals surface area contributed by atoms with Gasteiger partial charge in [0.1, 0.15) is 24.4 Å².